The van der Waals surface area contributed by atoms with Gasteiger partial charge in [-0.2, -0.15) is 0 Å². The molecule has 1 aliphatic heterocycles. The highest BCUT2D eigenvalue weighted by atomic mass is 79.9. The summed E-state index contributed by atoms with van der Waals surface area (Å²) in [4.78, 5) is 11.9. The molecular formula is C12H14BrFN2O2. The fraction of sp³-hybridized carbons (Fsp3) is 0.417. The van der Waals surface area contributed by atoms with Crippen LogP contribution in [0.5, 0.6) is 0 Å². The number of anilines is 1. The third kappa shape index (κ3) is 3.07. The fourth-order valence-electron chi connectivity index (χ4n) is 1.73. The van der Waals surface area contributed by atoms with Crippen LogP contribution in [0.4, 0.5) is 10.1 Å². The summed E-state index contributed by atoms with van der Waals surface area (Å²) in [6.45, 7) is 3.53. The standard InChI is InChI=1S/C12H14BrFN2O2/c1-7-4-8(13)9(14)5-10(7)16-12(17)11-6-15-2-3-18-11/h4-5,11,15H,2-3,6H2,1H3,(H,16,17). The number of hydrogen-bond donors (Lipinski definition) is 2. The summed E-state index contributed by atoms with van der Waals surface area (Å²) < 4.78 is 19.1. The highest BCUT2D eigenvalue weighted by Crippen LogP contribution is 2.24. The maximum Gasteiger partial charge on any atom is 0.254 e. The highest BCUT2D eigenvalue weighted by molar-refractivity contribution is 9.10. The Balaban J connectivity index is 2.08. The molecule has 2 N–H and O–H groups in total. The Morgan fingerprint density at radius 1 is 1.61 bits per heavy atom. The Morgan fingerprint density at radius 3 is 3.06 bits per heavy atom. The van der Waals surface area contributed by atoms with Crippen LogP contribution < -0.4 is 10.6 Å². The maximum atomic E-state index is 13.4. The van der Waals surface area contributed by atoms with Crippen molar-refractivity contribution in [3.8, 4) is 0 Å². The summed E-state index contributed by atoms with van der Waals surface area (Å²) in [5, 5.41) is 5.75. The number of carbonyl (C=O) groups is 1. The molecule has 1 saturated heterocycles. The average molecular weight is 317 g/mol. The van der Waals surface area contributed by atoms with Crippen LogP contribution in [0.2, 0.25) is 0 Å². The smallest absolute Gasteiger partial charge is 0.254 e. The Bertz CT molecular complexity index is 462. The van der Waals surface area contributed by atoms with E-state index in [9.17, 15) is 9.18 Å². The van der Waals surface area contributed by atoms with Gasteiger partial charge in [-0.25, -0.2) is 4.39 Å². The molecule has 0 bridgehead atoms. The number of carbonyl (C=O) groups excluding carboxylic acids is 1. The normalized spacial score (nSPS) is 19.6. The topological polar surface area (TPSA) is 50.4 Å². The van der Waals surface area contributed by atoms with Crippen LogP contribution in [-0.4, -0.2) is 31.7 Å². The molecule has 4 nitrogen and oxygen atoms in total. The molecule has 1 aromatic rings. The van der Waals surface area contributed by atoms with Gasteiger partial charge < -0.3 is 15.4 Å². The van der Waals surface area contributed by atoms with E-state index in [1.807, 2.05) is 0 Å². The number of halogens is 2. The second kappa shape index (κ2) is 5.77. The van der Waals surface area contributed by atoms with Gasteiger partial charge in [-0.05, 0) is 40.5 Å². The van der Waals surface area contributed by atoms with Crippen LogP contribution in [0.1, 0.15) is 5.56 Å². The number of aryl methyl sites for hydroxylation is 1. The van der Waals surface area contributed by atoms with Gasteiger partial charge in [-0.15, -0.1) is 0 Å². The Labute approximate surface area is 113 Å². The predicted octanol–water partition coefficient (Wildman–Crippen LogP) is 1.82. The number of morpholine rings is 1. The predicted molar refractivity (Wildman–Crippen MR) is 70.1 cm³/mol. The third-order valence-corrected chi connectivity index (χ3v) is 3.35. The lowest BCUT2D eigenvalue weighted by atomic mass is 10.2. The van der Waals surface area contributed by atoms with E-state index in [-0.39, 0.29) is 5.91 Å². The minimum absolute atomic E-state index is 0.257. The largest absolute Gasteiger partial charge is 0.366 e. The Hall–Kier alpha value is -0.980. The lowest BCUT2D eigenvalue weighted by molar-refractivity contribution is -0.128. The molecule has 0 aromatic heterocycles. The molecule has 1 aromatic carbocycles. The highest BCUT2D eigenvalue weighted by Gasteiger charge is 2.22. The van der Waals surface area contributed by atoms with Crippen LogP contribution in [0, 0.1) is 12.7 Å². The zero-order chi connectivity index (χ0) is 13.1. The molecule has 0 radical (unpaired) electrons. The number of benzene rings is 1. The molecule has 2 rings (SSSR count). The van der Waals surface area contributed by atoms with Crippen molar-refractivity contribution in [3.63, 3.8) is 0 Å². The molecule has 6 heteroatoms. The summed E-state index contributed by atoms with van der Waals surface area (Å²) in [6.07, 6.45) is -0.523. The zero-order valence-corrected chi connectivity index (χ0v) is 11.5. The SMILES string of the molecule is Cc1cc(Br)c(F)cc1NC(=O)C1CNCCO1. The first-order valence-corrected chi connectivity index (χ1v) is 6.46. The molecule has 1 amide bonds. The van der Waals surface area contributed by atoms with Crippen molar-refractivity contribution >= 4 is 27.5 Å². The lowest BCUT2D eigenvalue weighted by Gasteiger charge is -2.23. The molecule has 18 heavy (non-hydrogen) atoms. The average Bonchev–Trinajstić information content (AvgIpc) is 2.37. The van der Waals surface area contributed by atoms with Gasteiger partial charge in [0.1, 0.15) is 11.9 Å². The summed E-state index contributed by atoms with van der Waals surface area (Å²) in [5.74, 6) is -0.661. The number of ether oxygens (including phenoxy) is 1. The molecule has 1 fully saturated rings. The van der Waals surface area contributed by atoms with E-state index in [1.54, 1.807) is 13.0 Å². The van der Waals surface area contributed by atoms with Crippen LogP contribution in [-0.2, 0) is 9.53 Å². The van der Waals surface area contributed by atoms with Gasteiger partial charge in [0.15, 0.2) is 0 Å². The van der Waals surface area contributed by atoms with E-state index >= 15 is 0 Å². The van der Waals surface area contributed by atoms with E-state index in [1.165, 1.54) is 6.07 Å². The number of amides is 1. The third-order valence-electron chi connectivity index (χ3n) is 2.75. The van der Waals surface area contributed by atoms with Gasteiger partial charge in [-0.3, -0.25) is 4.79 Å². The first-order chi connectivity index (χ1) is 8.58. The molecule has 0 spiro atoms. The van der Waals surface area contributed by atoms with Gasteiger partial charge in [0.05, 0.1) is 11.1 Å². The molecule has 1 atom stereocenters. The molecular weight excluding hydrogens is 303 g/mol. The van der Waals surface area contributed by atoms with Crippen molar-refractivity contribution in [1.82, 2.24) is 5.32 Å². The van der Waals surface area contributed by atoms with Crippen molar-refractivity contribution in [3.05, 3.63) is 28.0 Å². The first-order valence-electron chi connectivity index (χ1n) is 5.67. The first kappa shape index (κ1) is 13.5. The summed E-state index contributed by atoms with van der Waals surface area (Å²) in [6, 6.07) is 2.93. The number of hydrogen-bond acceptors (Lipinski definition) is 3. The number of rotatable bonds is 2. The van der Waals surface area contributed by atoms with Crippen LogP contribution in [0.15, 0.2) is 16.6 Å². The fourth-order valence-corrected chi connectivity index (χ4v) is 2.19. The van der Waals surface area contributed by atoms with Gasteiger partial charge in [0.2, 0.25) is 0 Å². The van der Waals surface area contributed by atoms with Crippen molar-refractivity contribution < 1.29 is 13.9 Å². The quantitative estimate of drug-likeness (QED) is 0.875. The molecule has 0 saturated carbocycles. The monoisotopic (exact) mass is 316 g/mol. The van der Waals surface area contributed by atoms with Crippen molar-refractivity contribution in [2.75, 3.05) is 25.0 Å². The van der Waals surface area contributed by atoms with Gasteiger partial charge in [0, 0.05) is 18.8 Å². The summed E-state index contributed by atoms with van der Waals surface area (Å²) in [7, 11) is 0. The summed E-state index contributed by atoms with van der Waals surface area (Å²) in [5.41, 5.74) is 1.26. The molecule has 0 aliphatic carbocycles. The van der Waals surface area contributed by atoms with E-state index in [0.717, 1.165) is 12.1 Å². The Morgan fingerprint density at radius 2 is 2.39 bits per heavy atom. The van der Waals surface area contributed by atoms with E-state index in [2.05, 4.69) is 26.6 Å². The maximum absolute atomic E-state index is 13.4. The second-order valence-corrected chi connectivity index (χ2v) is 4.99. The van der Waals surface area contributed by atoms with E-state index in [0.29, 0.717) is 23.3 Å². The van der Waals surface area contributed by atoms with Gasteiger partial charge in [-0.1, -0.05) is 0 Å². The van der Waals surface area contributed by atoms with Crippen LogP contribution >= 0.6 is 15.9 Å². The van der Waals surface area contributed by atoms with Crippen LogP contribution in [0.25, 0.3) is 0 Å². The van der Waals surface area contributed by atoms with Crippen molar-refractivity contribution in [2.24, 2.45) is 0 Å². The van der Waals surface area contributed by atoms with E-state index in [4.69, 9.17) is 4.74 Å². The second-order valence-electron chi connectivity index (χ2n) is 4.13. The van der Waals surface area contributed by atoms with Crippen molar-refractivity contribution in [2.45, 2.75) is 13.0 Å². The molecule has 98 valence electrons. The molecule has 1 heterocycles. The van der Waals surface area contributed by atoms with E-state index < -0.39 is 11.9 Å². The minimum atomic E-state index is -0.523. The number of nitrogens with one attached hydrogen (secondary N) is 2. The zero-order valence-electron chi connectivity index (χ0n) is 9.93. The summed E-state index contributed by atoms with van der Waals surface area (Å²) >= 11 is 3.10. The van der Waals surface area contributed by atoms with Gasteiger partial charge in [0.25, 0.3) is 5.91 Å². The Kier molecular flexibility index (Phi) is 4.31. The molecule has 1 unspecified atom stereocenters. The lowest BCUT2D eigenvalue weighted by Crippen LogP contribution is -2.45. The van der Waals surface area contributed by atoms with Crippen molar-refractivity contribution in [1.29, 1.82) is 0 Å². The van der Waals surface area contributed by atoms with Crippen LogP contribution in [0.3, 0.4) is 0 Å². The molecule has 1 aliphatic rings. The van der Waals surface area contributed by atoms with Gasteiger partial charge >= 0.3 is 0 Å². The minimum Gasteiger partial charge on any atom is -0.366 e.